The van der Waals surface area contributed by atoms with Crippen LogP contribution in [0, 0.1) is 5.92 Å². The maximum Gasteiger partial charge on any atom is 0.222 e. The third kappa shape index (κ3) is 3.58. The zero-order chi connectivity index (χ0) is 14.7. The van der Waals surface area contributed by atoms with Crippen molar-refractivity contribution in [3.05, 3.63) is 0 Å². The molecule has 3 fully saturated rings. The summed E-state index contributed by atoms with van der Waals surface area (Å²) in [5.41, 5.74) is 0. The molecular formula is C16H28N2O3. The number of nitrogens with zero attached hydrogens (tertiary/aromatic N) is 2. The Hall–Kier alpha value is -0.650. The second-order valence-electron chi connectivity index (χ2n) is 6.66. The van der Waals surface area contributed by atoms with E-state index >= 15 is 0 Å². The molecule has 120 valence electrons. The van der Waals surface area contributed by atoms with E-state index in [-0.39, 0.29) is 6.10 Å². The smallest absolute Gasteiger partial charge is 0.222 e. The fourth-order valence-electron chi connectivity index (χ4n) is 4.04. The summed E-state index contributed by atoms with van der Waals surface area (Å²) in [6.07, 6.45) is 6.03. The molecule has 5 nitrogen and oxygen atoms in total. The van der Waals surface area contributed by atoms with Gasteiger partial charge in [-0.3, -0.25) is 9.69 Å². The van der Waals surface area contributed by atoms with E-state index < -0.39 is 0 Å². The molecule has 1 aliphatic carbocycles. The largest absolute Gasteiger partial charge is 0.383 e. The highest BCUT2D eigenvalue weighted by atomic mass is 16.5. The standard InChI is InChI=1S/C16H28N2O3/c1-20-8-6-17-7-9-21-15-12-18(11-14(15)17)16(19)10-13-4-2-3-5-13/h13-15H,2-12H2,1H3/t14-,15+/m0/s1. The Balaban J connectivity index is 1.53. The Labute approximate surface area is 127 Å². The lowest BCUT2D eigenvalue weighted by Crippen LogP contribution is -2.51. The predicted molar refractivity (Wildman–Crippen MR) is 80.1 cm³/mol. The van der Waals surface area contributed by atoms with Crippen molar-refractivity contribution in [2.45, 2.75) is 44.2 Å². The Kier molecular flexibility index (Phi) is 5.14. The Morgan fingerprint density at radius 2 is 2.10 bits per heavy atom. The van der Waals surface area contributed by atoms with Gasteiger partial charge in [0.05, 0.1) is 25.4 Å². The van der Waals surface area contributed by atoms with Crippen molar-refractivity contribution in [3.8, 4) is 0 Å². The molecule has 0 unspecified atom stereocenters. The lowest BCUT2D eigenvalue weighted by molar-refractivity contribution is -0.131. The van der Waals surface area contributed by atoms with Crippen LogP contribution in [0.15, 0.2) is 0 Å². The summed E-state index contributed by atoms with van der Waals surface area (Å²) < 4.78 is 11.1. The number of carbonyl (C=O) groups excluding carboxylic acids is 1. The average molecular weight is 296 g/mol. The average Bonchev–Trinajstić information content (AvgIpc) is 3.13. The minimum absolute atomic E-state index is 0.197. The van der Waals surface area contributed by atoms with Crippen LogP contribution in [-0.4, -0.2) is 74.4 Å². The van der Waals surface area contributed by atoms with Gasteiger partial charge in [-0.2, -0.15) is 0 Å². The summed E-state index contributed by atoms with van der Waals surface area (Å²) in [6.45, 7) is 5.02. The van der Waals surface area contributed by atoms with Gasteiger partial charge in [-0.1, -0.05) is 12.8 Å². The number of methoxy groups -OCH3 is 1. The van der Waals surface area contributed by atoms with E-state index in [0.29, 0.717) is 17.9 Å². The zero-order valence-electron chi connectivity index (χ0n) is 13.1. The van der Waals surface area contributed by atoms with Crippen LogP contribution in [0.4, 0.5) is 0 Å². The van der Waals surface area contributed by atoms with Crippen LogP contribution in [-0.2, 0) is 14.3 Å². The predicted octanol–water partition coefficient (Wildman–Crippen LogP) is 1.12. The van der Waals surface area contributed by atoms with Gasteiger partial charge in [-0.05, 0) is 18.8 Å². The first-order valence-electron chi connectivity index (χ1n) is 8.40. The van der Waals surface area contributed by atoms with Gasteiger partial charge >= 0.3 is 0 Å². The zero-order valence-corrected chi connectivity index (χ0v) is 13.1. The number of fused-ring (bicyclic) bond motifs is 1. The maximum atomic E-state index is 12.5. The minimum Gasteiger partial charge on any atom is -0.383 e. The molecule has 0 aromatic rings. The third-order valence-electron chi connectivity index (χ3n) is 5.29. The number of ether oxygens (including phenoxy) is 2. The normalized spacial score (nSPS) is 30.8. The fourth-order valence-corrected chi connectivity index (χ4v) is 4.04. The highest BCUT2D eigenvalue weighted by Gasteiger charge is 2.41. The summed E-state index contributed by atoms with van der Waals surface area (Å²) >= 11 is 0. The van der Waals surface area contributed by atoms with Crippen molar-refractivity contribution in [2.24, 2.45) is 5.92 Å². The molecule has 0 aromatic carbocycles. The number of likely N-dealkylation sites (tertiary alicyclic amines) is 1. The number of amides is 1. The highest BCUT2D eigenvalue weighted by molar-refractivity contribution is 5.77. The van der Waals surface area contributed by atoms with E-state index in [1.807, 2.05) is 4.90 Å². The van der Waals surface area contributed by atoms with Crippen LogP contribution in [0.1, 0.15) is 32.1 Å². The number of hydrogen-bond acceptors (Lipinski definition) is 4. The SMILES string of the molecule is COCCN1CCO[C@@H]2CN(C(=O)CC3CCCC3)C[C@@H]21. The number of rotatable bonds is 5. The van der Waals surface area contributed by atoms with Gasteiger partial charge in [-0.25, -0.2) is 0 Å². The summed E-state index contributed by atoms with van der Waals surface area (Å²) in [7, 11) is 1.74. The molecule has 1 amide bonds. The quantitative estimate of drug-likeness (QED) is 0.762. The van der Waals surface area contributed by atoms with Crippen LogP contribution in [0.25, 0.3) is 0 Å². The van der Waals surface area contributed by atoms with Gasteiger partial charge in [-0.15, -0.1) is 0 Å². The van der Waals surface area contributed by atoms with Crippen molar-refractivity contribution in [1.82, 2.24) is 9.80 Å². The van der Waals surface area contributed by atoms with E-state index in [1.54, 1.807) is 7.11 Å². The number of hydrogen-bond donors (Lipinski definition) is 0. The van der Waals surface area contributed by atoms with E-state index in [4.69, 9.17) is 9.47 Å². The van der Waals surface area contributed by atoms with Gasteiger partial charge in [0.2, 0.25) is 5.91 Å². The van der Waals surface area contributed by atoms with Crippen molar-refractivity contribution in [3.63, 3.8) is 0 Å². The molecular weight excluding hydrogens is 268 g/mol. The molecule has 2 aliphatic heterocycles. The number of carbonyl (C=O) groups is 1. The molecule has 3 rings (SSSR count). The maximum absolute atomic E-state index is 12.5. The van der Waals surface area contributed by atoms with E-state index in [9.17, 15) is 4.79 Å². The Morgan fingerprint density at radius 1 is 1.29 bits per heavy atom. The fraction of sp³-hybridized carbons (Fsp3) is 0.938. The molecule has 21 heavy (non-hydrogen) atoms. The van der Waals surface area contributed by atoms with Crippen LogP contribution >= 0.6 is 0 Å². The first kappa shape index (κ1) is 15.3. The molecule has 0 aromatic heterocycles. The topological polar surface area (TPSA) is 42.0 Å². The minimum atomic E-state index is 0.197. The van der Waals surface area contributed by atoms with E-state index in [0.717, 1.165) is 45.8 Å². The Bertz CT molecular complexity index is 357. The van der Waals surface area contributed by atoms with Gasteiger partial charge in [0.1, 0.15) is 0 Å². The summed E-state index contributed by atoms with van der Waals surface area (Å²) in [5.74, 6) is 0.970. The lowest BCUT2D eigenvalue weighted by atomic mass is 10.0. The molecule has 2 heterocycles. The molecule has 1 saturated carbocycles. The van der Waals surface area contributed by atoms with Crippen molar-refractivity contribution < 1.29 is 14.3 Å². The third-order valence-corrected chi connectivity index (χ3v) is 5.29. The molecule has 0 N–H and O–H groups in total. The van der Waals surface area contributed by atoms with Crippen LogP contribution in [0.3, 0.4) is 0 Å². The van der Waals surface area contributed by atoms with Crippen molar-refractivity contribution >= 4 is 5.91 Å². The molecule has 0 spiro atoms. The van der Waals surface area contributed by atoms with Gasteiger partial charge in [0, 0.05) is 39.7 Å². The molecule has 2 atom stereocenters. The first-order chi connectivity index (χ1) is 10.3. The van der Waals surface area contributed by atoms with E-state index in [1.165, 1.54) is 25.7 Å². The summed E-state index contributed by atoms with van der Waals surface area (Å²) in [4.78, 5) is 17.0. The van der Waals surface area contributed by atoms with Crippen molar-refractivity contribution in [1.29, 1.82) is 0 Å². The molecule has 3 aliphatic rings. The molecule has 0 radical (unpaired) electrons. The molecule has 5 heteroatoms. The lowest BCUT2D eigenvalue weighted by Gasteiger charge is -2.36. The highest BCUT2D eigenvalue weighted by Crippen LogP contribution is 2.30. The monoisotopic (exact) mass is 296 g/mol. The van der Waals surface area contributed by atoms with Gasteiger partial charge in [0.15, 0.2) is 0 Å². The Morgan fingerprint density at radius 3 is 2.86 bits per heavy atom. The van der Waals surface area contributed by atoms with Crippen molar-refractivity contribution in [2.75, 3.05) is 46.5 Å². The second-order valence-corrected chi connectivity index (χ2v) is 6.66. The summed E-state index contributed by atoms with van der Waals surface area (Å²) in [6, 6.07) is 0.362. The van der Waals surface area contributed by atoms with Crippen LogP contribution in [0.5, 0.6) is 0 Å². The van der Waals surface area contributed by atoms with Gasteiger partial charge < -0.3 is 14.4 Å². The van der Waals surface area contributed by atoms with Crippen LogP contribution in [0.2, 0.25) is 0 Å². The molecule has 0 bridgehead atoms. The number of morpholine rings is 1. The second kappa shape index (κ2) is 7.07. The molecule has 2 saturated heterocycles. The van der Waals surface area contributed by atoms with Crippen LogP contribution < -0.4 is 0 Å². The van der Waals surface area contributed by atoms with E-state index in [2.05, 4.69) is 4.90 Å². The first-order valence-corrected chi connectivity index (χ1v) is 8.40. The summed E-state index contributed by atoms with van der Waals surface area (Å²) in [5, 5.41) is 0. The van der Waals surface area contributed by atoms with Gasteiger partial charge in [0.25, 0.3) is 0 Å².